The van der Waals surface area contributed by atoms with E-state index in [1.165, 1.54) is 35.5 Å². The van der Waals surface area contributed by atoms with Gasteiger partial charge in [0.2, 0.25) is 5.91 Å². The van der Waals surface area contributed by atoms with E-state index >= 15 is 0 Å². The zero-order valence-corrected chi connectivity index (χ0v) is 21.0. The molecule has 3 N–H and O–H groups in total. The van der Waals surface area contributed by atoms with E-state index in [1.807, 2.05) is 0 Å². The van der Waals surface area contributed by atoms with Gasteiger partial charge in [-0.3, -0.25) is 14.6 Å². The Kier molecular flexibility index (Phi) is 6.90. The SMILES string of the molecule is C[C@H](NC(=O)c1cncc2c1cnn2-c1ccc(F)cc1)c1cc(N(C)CC(N)=O)nc(S(C)(=O)=O)c1. The summed E-state index contributed by atoms with van der Waals surface area (Å²) in [4.78, 5) is 34.3. The highest BCUT2D eigenvalue weighted by atomic mass is 32.2. The number of carbonyl (C=O) groups is 2. The predicted molar refractivity (Wildman–Crippen MR) is 135 cm³/mol. The summed E-state index contributed by atoms with van der Waals surface area (Å²) in [6.45, 7) is 1.51. The Morgan fingerprint density at radius 2 is 1.86 bits per heavy atom. The molecule has 0 fully saturated rings. The number of nitrogens with two attached hydrogens (primary N) is 1. The number of pyridine rings is 2. The molecule has 3 aromatic heterocycles. The van der Waals surface area contributed by atoms with Gasteiger partial charge in [-0.1, -0.05) is 0 Å². The van der Waals surface area contributed by atoms with Crippen LogP contribution in [0.3, 0.4) is 0 Å². The van der Waals surface area contributed by atoms with Crippen molar-refractivity contribution in [2.75, 3.05) is 24.7 Å². The molecule has 1 atom stereocenters. The molecule has 0 aliphatic rings. The fraction of sp³-hybridized carbons (Fsp3) is 0.208. The molecule has 0 radical (unpaired) electrons. The largest absolute Gasteiger partial charge is 0.368 e. The van der Waals surface area contributed by atoms with Crippen LogP contribution in [0, 0.1) is 5.82 Å². The van der Waals surface area contributed by atoms with E-state index in [4.69, 9.17) is 5.73 Å². The molecule has 13 heteroatoms. The van der Waals surface area contributed by atoms with Crippen LogP contribution in [-0.2, 0) is 14.6 Å². The summed E-state index contributed by atoms with van der Waals surface area (Å²) < 4.78 is 39.3. The summed E-state index contributed by atoms with van der Waals surface area (Å²) in [5.74, 6) is -1.25. The van der Waals surface area contributed by atoms with Crippen LogP contribution in [0.4, 0.5) is 10.2 Å². The van der Waals surface area contributed by atoms with Gasteiger partial charge in [-0.25, -0.2) is 22.5 Å². The lowest BCUT2D eigenvalue weighted by molar-refractivity contribution is -0.116. The van der Waals surface area contributed by atoms with Gasteiger partial charge in [0.1, 0.15) is 11.6 Å². The molecule has 37 heavy (non-hydrogen) atoms. The molecule has 1 aromatic carbocycles. The van der Waals surface area contributed by atoms with Gasteiger partial charge in [-0.05, 0) is 48.9 Å². The number of hydrogen-bond acceptors (Lipinski definition) is 8. The van der Waals surface area contributed by atoms with Gasteiger partial charge in [-0.2, -0.15) is 5.10 Å². The van der Waals surface area contributed by atoms with E-state index < -0.39 is 27.7 Å². The van der Waals surface area contributed by atoms with Crippen molar-refractivity contribution < 1.29 is 22.4 Å². The first-order chi connectivity index (χ1) is 17.4. The number of anilines is 1. The monoisotopic (exact) mass is 525 g/mol. The molecule has 192 valence electrons. The number of aromatic nitrogens is 4. The number of amides is 2. The molecule has 0 bridgehead atoms. The Labute approximate surface area is 212 Å². The fourth-order valence-corrected chi connectivity index (χ4v) is 4.34. The lowest BCUT2D eigenvalue weighted by Crippen LogP contribution is -2.32. The van der Waals surface area contributed by atoms with Gasteiger partial charge in [0, 0.05) is 24.9 Å². The van der Waals surface area contributed by atoms with Gasteiger partial charge in [-0.15, -0.1) is 0 Å². The van der Waals surface area contributed by atoms with Crippen LogP contribution in [0.2, 0.25) is 0 Å². The Balaban J connectivity index is 1.66. The second kappa shape index (κ2) is 9.93. The summed E-state index contributed by atoms with van der Waals surface area (Å²) in [5, 5.41) is 7.49. The number of likely N-dealkylation sites (N-methyl/N-ethyl adjacent to an activating group) is 1. The number of sulfone groups is 1. The minimum atomic E-state index is -3.69. The molecular weight excluding hydrogens is 501 g/mol. The van der Waals surface area contributed by atoms with Crippen molar-refractivity contribution in [2.45, 2.75) is 18.0 Å². The molecule has 11 nitrogen and oxygen atoms in total. The third-order valence-corrected chi connectivity index (χ3v) is 6.60. The maximum absolute atomic E-state index is 13.3. The minimum absolute atomic E-state index is 0.174. The molecule has 0 saturated carbocycles. The predicted octanol–water partition coefficient (Wildman–Crippen LogP) is 1.77. The van der Waals surface area contributed by atoms with Crippen LogP contribution in [0.1, 0.15) is 28.9 Å². The number of benzene rings is 1. The molecule has 0 saturated heterocycles. The average Bonchev–Trinajstić information content (AvgIpc) is 3.27. The summed E-state index contributed by atoms with van der Waals surface area (Å²) in [5.41, 5.74) is 7.11. The highest BCUT2D eigenvalue weighted by Gasteiger charge is 2.21. The summed E-state index contributed by atoms with van der Waals surface area (Å²) in [7, 11) is -2.14. The fourth-order valence-electron chi connectivity index (χ4n) is 3.73. The number of fused-ring (bicyclic) bond motifs is 1. The topological polar surface area (TPSA) is 153 Å². The molecule has 3 heterocycles. The van der Waals surface area contributed by atoms with E-state index in [9.17, 15) is 22.4 Å². The van der Waals surface area contributed by atoms with Crippen molar-refractivity contribution in [3.05, 3.63) is 71.9 Å². The third kappa shape index (κ3) is 5.56. The van der Waals surface area contributed by atoms with Gasteiger partial charge < -0.3 is 16.0 Å². The zero-order valence-electron chi connectivity index (χ0n) is 20.2. The molecule has 0 spiro atoms. The van der Waals surface area contributed by atoms with E-state index in [0.29, 0.717) is 22.2 Å². The smallest absolute Gasteiger partial charge is 0.254 e. The number of rotatable bonds is 8. The van der Waals surface area contributed by atoms with Gasteiger partial charge >= 0.3 is 0 Å². The molecular formula is C24H24FN7O4S. The van der Waals surface area contributed by atoms with Crippen LogP contribution < -0.4 is 16.0 Å². The van der Waals surface area contributed by atoms with E-state index in [2.05, 4.69) is 20.4 Å². The van der Waals surface area contributed by atoms with Crippen molar-refractivity contribution in [3.8, 4) is 5.69 Å². The highest BCUT2D eigenvalue weighted by molar-refractivity contribution is 7.90. The Hall–Kier alpha value is -4.39. The lowest BCUT2D eigenvalue weighted by atomic mass is 10.1. The summed E-state index contributed by atoms with van der Waals surface area (Å²) in [6, 6.07) is 8.05. The zero-order chi connectivity index (χ0) is 26.9. The van der Waals surface area contributed by atoms with Crippen molar-refractivity contribution in [1.82, 2.24) is 25.1 Å². The molecule has 0 aliphatic carbocycles. The first-order valence-electron chi connectivity index (χ1n) is 11.0. The Morgan fingerprint density at radius 3 is 2.51 bits per heavy atom. The molecule has 2 amide bonds. The van der Waals surface area contributed by atoms with Crippen molar-refractivity contribution in [2.24, 2.45) is 5.73 Å². The molecule has 4 rings (SSSR count). The van der Waals surface area contributed by atoms with Crippen LogP contribution in [0.15, 0.2) is 60.0 Å². The van der Waals surface area contributed by atoms with E-state index in [0.717, 1.165) is 6.26 Å². The molecule has 0 aliphatic heterocycles. The van der Waals surface area contributed by atoms with E-state index in [-0.39, 0.29) is 28.8 Å². The minimum Gasteiger partial charge on any atom is -0.368 e. The quantitative estimate of drug-likeness (QED) is 0.353. The summed E-state index contributed by atoms with van der Waals surface area (Å²) >= 11 is 0. The van der Waals surface area contributed by atoms with E-state index in [1.54, 1.807) is 43.0 Å². The van der Waals surface area contributed by atoms with Crippen molar-refractivity contribution >= 4 is 38.4 Å². The van der Waals surface area contributed by atoms with Gasteiger partial charge in [0.05, 0.1) is 41.7 Å². The normalized spacial score (nSPS) is 12.3. The number of nitrogens with one attached hydrogen (secondary N) is 1. The number of primary amides is 1. The molecule has 0 unspecified atom stereocenters. The average molecular weight is 526 g/mol. The van der Waals surface area contributed by atoms with Crippen LogP contribution in [0.5, 0.6) is 0 Å². The second-order valence-corrected chi connectivity index (χ2v) is 10.5. The first-order valence-corrected chi connectivity index (χ1v) is 12.9. The van der Waals surface area contributed by atoms with Crippen LogP contribution in [0.25, 0.3) is 16.6 Å². The molecule has 4 aromatic rings. The van der Waals surface area contributed by atoms with Crippen LogP contribution in [-0.4, -0.2) is 59.8 Å². The van der Waals surface area contributed by atoms with Gasteiger partial charge in [0.25, 0.3) is 5.91 Å². The first kappa shape index (κ1) is 25.7. The van der Waals surface area contributed by atoms with Crippen LogP contribution >= 0.6 is 0 Å². The second-order valence-electron chi connectivity index (χ2n) is 8.54. The number of carbonyl (C=O) groups excluding carboxylic acids is 2. The van der Waals surface area contributed by atoms with Crippen molar-refractivity contribution in [1.29, 1.82) is 0 Å². The lowest BCUT2D eigenvalue weighted by Gasteiger charge is -2.21. The maximum Gasteiger partial charge on any atom is 0.254 e. The number of nitrogens with zero attached hydrogens (tertiary/aromatic N) is 5. The Morgan fingerprint density at radius 1 is 1.16 bits per heavy atom. The standard InChI is InChI=1S/C24H24FN7O4S/c1-14(15-8-22(31(2)13-21(26)33)30-23(9-15)37(3,35)36)29-24(34)19-10-27-12-20-18(19)11-28-32(20)17-6-4-16(25)5-7-17/h4-12,14H,13H2,1-3H3,(H2,26,33)(H,29,34)/t14-/m0/s1. The van der Waals surface area contributed by atoms with Crippen molar-refractivity contribution in [3.63, 3.8) is 0 Å². The highest BCUT2D eigenvalue weighted by Crippen LogP contribution is 2.25. The Bertz CT molecular complexity index is 1600. The number of halogens is 1. The number of hydrogen-bond donors (Lipinski definition) is 2. The van der Waals surface area contributed by atoms with Gasteiger partial charge in [0.15, 0.2) is 14.9 Å². The summed E-state index contributed by atoms with van der Waals surface area (Å²) in [6.07, 6.45) is 5.49. The third-order valence-electron chi connectivity index (χ3n) is 5.64. The maximum atomic E-state index is 13.3.